The molecule has 2 atom stereocenters. The lowest BCUT2D eigenvalue weighted by Gasteiger charge is -2.17. The smallest absolute Gasteiger partial charge is 0.128 e. The number of aryl methyl sites for hydroxylation is 1. The van der Waals surface area contributed by atoms with E-state index in [2.05, 4.69) is 46.1 Å². The lowest BCUT2D eigenvalue weighted by molar-refractivity contribution is 0.439. The summed E-state index contributed by atoms with van der Waals surface area (Å²) in [5.74, 6) is 2.72. The second-order valence-corrected chi connectivity index (χ2v) is 5.78. The van der Waals surface area contributed by atoms with Gasteiger partial charge in [0.15, 0.2) is 0 Å². The quantitative estimate of drug-likeness (QED) is 0.907. The van der Waals surface area contributed by atoms with Crippen LogP contribution >= 0.6 is 15.9 Å². The molecule has 1 aromatic rings. The Morgan fingerprint density at radius 3 is 2.94 bits per heavy atom. The van der Waals surface area contributed by atoms with E-state index in [4.69, 9.17) is 0 Å². The molecule has 1 aliphatic rings. The predicted molar refractivity (Wildman–Crippen MR) is 71.7 cm³/mol. The molecule has 3 heteroatoms. The van der Waals surface area contributed by atoms with Crippen LogP contribution < -0.4 is 5.32 Å². The third-order valence-corrected chi connectivity index (χ3v) is 4.05. The average molecular weight is 283 g/mol. The number of pyridine rings is 1. The van der Waals surface area contributed by atoms with Crippen LogP contribution in [0.2, 0.25) is 0 Å². The molecule has 1 aliphatic carbocycles. The van der Waals surface area contributed by atoms with Crippen LogP contribution in [0.3, 0.4) is 0 Å². The average Bonchev–Trinajstić information content (AvgIpc) is 2.63. The molecule has 0 saturated heterocycles. The monoisotopic (exact) mass is 282 g/mol. The molecule has 0 aromatic carbocycles. The van der Waals surface area contributed by atoms with Gasteiger partial charge in [-0.3, -0.25) is 0 Å². The molecule has 0 aliphatic heterocycles. The lowest BCUT2D eigenvalue weighted by Crippen LogP contribution is -2.17. The van der Waals surface area contributed by atoms with Gasteiger partial charge in [0.05, 0.1) is 0 Å². The number of anilines is 1. The maximum Gasteiger partial charge on any atom is 0.128 e. The number of nitrogens with zero attached hydrogens (tertiary/aromatic N) is 1. The summed E-state index contributed by atoms with van der Waals surface area (Å²) in [6, 6.07) is 2.10. The van der Waals surface area contributed by atoms with Gasteiger partial charge < -0.3 is 5.32 Å². The maximum absolute atomic E-state index is 4.41. The Labute approximate surface area is 106 Å². The highest BCUT2D eigenvalue weighted by Crippen LogP contribution is 2.31. The van der Waals surface area contributed by atoms with Crippen LogP contribution in [0.15, 0.2) is 16.7 Å². The summed E-state index contributed by atoms with van der Waals surface area (Å²) in [6.45, 7) is 5.52. The molecule has 2 nitrogen and oxygen atoms in total. The van der Waals surface area contributed by atoms with Crippen molar-refractivity contribution in [3.63, 3.8) is 0 Å². The number of hydrogen-bond donors (Lipinski definition) is 1. The van der Waals surface area contributed by atoms with Gasteiger partial charge in [-0.1, -0.05) is 19.8 Å². The largest absolute Gasteiger partial charge is 0.370 e. The van der Waals surface area contributed by atoms with Crippen LogP contribution in [-0.4, -0.2) is 11.5 Å². The minimum atomic E-state index is 0.824. The summed E-state index contributed by atoms with van der Waals surface area (Å²) in [7, 11) is 0. The normalized spacial score (nSPS) is 24.7. The van der Waals surface area contributed by atoms with Crippen LogP contribution in [0.25, 0.3) is 0 Å². The molecule has 0 spiro atoms. The molecule has 1 heterocycles. The molecular formula is C13H19BrN2. The summed E-state index contributed by atoms with van der Waals surface area (Å²) in [5, 5.41) is 3.48. The highest BCUT2D eigenvalue weighted by atomic mass is 79.9. The van der Waals surface area contributed by atoms with Gasteiger partial charge in [0, 0.05) is 17.2 Å². The predicted octanol–water partition coefficient (Wildman–Crippen LogP) is 4.00. The fourth-order valence-corrected chi connectivity index (χ4v) is 2.92. The van der Waals surface area contributed by atoms with Gasteiger partial charge in [0.1, 0.15) is 5.82 Å². The highest BCUT2D eigenvalue weighted by Gasteiger charge is 2.22. The van der Waals surface area contributed by atoms with Gasteiger partial charge in [0.25, 0.3) is 0 Å². The van der Waals surface area contributed by atoms with Crippen LogP contribution in [0, 0.1) is 18.8 Å². The Bertz CT molecular complexity index is 365. The van der Waals surface area contributed by atoms with Gasteiger partial charge in [-0.05, 0) is 52.7 Å². The van der Waals surface area contributed by atoms with Crippen molar-refractivity contribution in [2.75, 3.05) is 11.9 Å². The van der Waals surface area contributed by atoms with Crippen LogP contribution in [-0.2, 0) is 0 Å². The zero-order valence-corrected chi connectivity index (χ0v) is 11.5. The van der Waals surface area contributed by atoms with E-state index in [0.29, 0.717) is 0 Å². The fraction of sp³-hybridized carbons (Fsp3) is 0.615. The van der Waals surface area contributed by atoms with E-state index in [1.807, 2.05) is 6.20 Å². The molecule has 1 fully saturated rings. The molecule has 1 aromatic heterocycles. The van der Waals surface area contributed by atoms with E-state index >= 15 is 0 Å². The molecule has 2 unspecified atom stereocenters. The van der Waals surface area contributed by atoms with Crippen LogP contribution in [0.5, 0.6) is 0 Å². The molecule has 88 valence electrons. The third kappa shape index (κ3) is 2.76. The van der Waals surface area contributed by atoms with Gasteiger partial charge in [-0.15, -0.1) is 0 Å². The Hall–Kier alpha value is -0.570. The van der Waals surface area contributed by atoms with Gasteiger partial charge in [0.2, 0.25) is 0 Å². The second-order valence-electron chi connectivity index (χ2n) is 4.87. The Morgan fingerprint density at radius 2 is 2.31 bits per heavy atom. The first-order valence-electron chi connectivity index (χ1n) is 6.03. The van der Waals surface area contributed by atoms with Crippen LogP contribution in [0.4, 0.5) is 5.82 Å². The fourth-order valence-electron chi connectivity index (χ4n) is 2.48. The molecule has 16 heavy (non-hydrogen) atoms. The first kappa shape index (κ1) is 11.9. The molecule has 0 bridgehead atoms. The number of nitrogens with one attached hydrogen (secondary N) is 1. The minimum Gasteiger partial charge on any atom is -0.370 e. The van der Waals surface area contributed by atoms with E-state index in [1.54, 1.807) is 0 Å². The summed E-state index contributed by atoms with van der Waals surface area (Å²) >= 11 is 3.43. The summed E-state index contributed by atoms with van der Waals surface area (Å²) in [4.78, 5) is 4.41. The van der Waals surface area contributed by atoms with Crippen molar-refractivity contribution in [1.82, 2.24) is 4.98 Å². The van der Waals surface area contributed by atoms with Gasteiger partial charge in [-0.2, -0.15) is 0 Å². The number of rotatable bonds is 3. The van der Waals surface area contributed by atoms with Crippen LogP contribution in [0.1, 0.15) is 31.7 Å². The van der Waals surface area contributed by atoms with Crippen molar-refractivity contribution in [3.8, 4) is 0 Å². The van der Waals surface area contributed by atoms with E-state index in [-0.39, 0.29) is 0 Å². The van der Waals surface area contributed by atoms with E-state index in [0.717, 1.165) is 28.7 Å². The third-order valence-electron chi connectivity index (χ3n) is 3.62. The molecular weight excluding hydrogens is 264 g/mol. The van der Waals surface area contributed by atoms with Crippen molar-refractivity contribution in [3.05, 3.63) is 22.3 Å². The highest BCUT2D eigenvalue weighted by molar-refractivity contribution is 9.10. The van der Waals surface area contributed by atoms with Crippen molar-refractivity contribution in [1.29, 1.82) is 0 Å². The number of hydrogen-bond acceptors (Lipinski definition) is 2. The molecule has 2 rings (SSSR count). The minimum absolute atomic E-state index is 0.824. The van der Waals surface area contributed by atoms with Gasteiger partial charge >= 0.3 is 0 Å². The Morgan fingerprint density at radius 1 is 1.50 bits per heavy atom. The molecule has 1 saturated carbocycles. The first-order valence-corrected chi connectivity index (χ1v) is 6.82. The zero-order valence-electron chi connectivity index (χ0n) is 9.96. The standard InChI is InChI=1S/C13H19BrN2/c1-9-4-3-5-11(9)7-15-13-10(2)6-12(14)8-16-13/h6,8-9,11H,3-5,7H2,1-2H3,(H,15,16). The van der Waals surface area contributed by atoms with Crippen molar-refractivity contribution >= 4 is 21.7 Å². The Balaban J connectivity index is 1.94. The maximum atomic E-state index is 4.41. The van der Waals surface area contributed by atoms with Crippen molar-refractivity contribution in [2.45, 2.75) is 33.1 Å². The summed E-state index contributed by atoms with van der Waals surface area (Å²) in [6.07, 6.45) is 6.00. The number of aromatic nitrogens is 1. The van der Waals surface area contributed by atoms with Gasteiger partial charge in [-0.25, -0.2) is 4.98 Å². The molecule has 1 N–H and O–H groups in total. The number of halogens is 1. The van der Waals surface area contributed by atoms with Crippen molar-refractivity contribution in [2.24, 2.45) is 11.8 Å². The lowest BCUT2D eigenvalue weighted by atomic mass is 9.98. The topological polar surface area (TPSA) is 24.9 Å². The Kier molecular flexibility index (Phi) is 3.85. The van der Waals surface area contributed by atoms with E-state index < -0.39 is 0 Å². The second kappa shape index (κ2) is 5.17. The molecule has 0 amide bonds. The summed E-state index contributed by atoms with van der Waals surface area (Å²) < 4.78 is 1.05. The first-order chi connectivity index (χ1) is 7.66. The van der Waals surface area contributed by atoms with Crippen molar-refractivity contribution < 1.29 is 0 Å². The molecule has 0 radical (unpaired) electrons. The SMILES string of the molecule is Cc1cc(Br)cnc1NCC1CCCC1C. The zero-order chi connectivity index (χ0) is 11.5. The van der Waals surface area contributed by atoms with E-state index in [1.165, 1.54) is 24.8 Å². The van der Waals surface area contributed by atoms with E-state index in [9.17, 15) is 0 Å². The summed E-state index contributed by atoms with van der Waals surface area (Å²) in [5.41, 5.74) is 1.21.